The summed E-state index contributed by atoms with van der Waals surface area (Å²) in [6.07, 6.45) is 0. The third kappa shape index (κ3) is 2.86. The molecule has 2 nitrogen and oxygen atoms in total. The number of ether oxygens (including phenoxy) is 1. The lowest BCUT2D eigenvalue weighted by Crippen LogP contribution is -1.83. The summed E-state index contributed by atoms with van der Waals surface area (Å²) in [5.74, 6) is 1.75. The second-order valence-electron chi connectivity index (χ2n) is 3.05. The zero-order chi connectivity index (χ0) is 10.7. The molecular formula is C12H9IO2. The minimum Gasteiger partial charge on any atom is -0.508 e. The molecule has 0 fully saturated rings. The van der Waals surface area contributed by atoms with E-state index in [9.17, 15) is 0 Å². The SMILES string of the molecule is Oc1ccc(Oc2ccc(I)cc2)cc1. The smallest absolute Gasteiger partial charge is 0.127 e. The molecule has 3 heteroatoms. The second kappa shape index (κ2) is 4.53. The molecule has 0 aromatic heterocycles. The van der Waals surface area contributed by atoms with Gasteiger partial charge in [0.25, 0.3) is 0 Å². The van der Waals surface area contributed by atoms with Gasteiger partial charge in [-0.05, 0) is 71.1 Å². The highest BCUT2D eigenvalue weighted by molar-refractivity contribution is 14.1. The summed E-state index contributed by atoms with van der Waals surface area (Å²) in [5, 5.41) is 9.10. The predicted octanol–water partition coefficient (Wildman–Crippen LogP) is 3.79. The maximum absolute atomic E-state index is 9.10. The standard InChI is InChI=1S/C12H9IO2/c13-9-1-5-11(6-2-9)15-12-7-3-10(14)4-8-12/h1-8,14H. The van der Waals surface area contributed by atoms with E-state index in [-0.39, 0.29) is 5.75 Å². The largest absolute Gasteiger partial charge is 0.508 e. The Kier molecular flexibility index (Phi) is 3.11. The van der Waals surface area contributed by atoms with Gasteiger partial charge in [0, 0.05) is 3.57 Å². The van der Waals surface area contributed by atoms with Gasteiger partial charge < -0.3 is 9.84 Å². The Hall–Kier alpha value is -1.23. The van der Waals surface area contributed by atoms with Crippen molar-refractivity contribution in [3.63, 3.8) is 0 Å². The Bertz CT molecular complexity index is 391. The van der Waals surface area contributed by atoms with E-state index in [4.69, 9.17) is 9.84 Å². The fourth-order valence-corrected chi connectivity index (χ4v) is 1.51. The van der Waals surface area contributed by atoms with Crippen molar-refractivity contribution in [3.8, 4) is 17.2 Å². The summed E-state index contributed by atoms with van der Waals surface area (Å²) < 4.78 is 6.75. The topological polar surface area (TPSA) is 29.5 Å². The third-order valence-electron chi connectivity index (χ3n) is 1.89. The Morgan fingerprint density at radius 3 is 1.80 bits per heavy atom. The van der Waals surface area contributed by atoms with E-state index in [1.807, 2.05) is 24.3 Å². The Morgan fingerprint density at radius 1 is 0.800 bits per heavy atom. The highest BCUT2D eigenvalue weighted by atomic mass is 127. The van der Waals surface area contributed by atoms with Gasteiger partial charge in [-0.15, -0.1) is 0 Å². The second-order valence-corrected chi connectivity index (χ2v) is 4.30. The summed E-state index contributed by atoms with van der Waals surface area (Å²) in [4.78, 5) is 0. The van der Waals surface area contributed by atoms with Gasteiger partial charge in [0.2, 0.25) is 0 Å². The van der Waals surface area contributed by atoms with Crippen LogP contribution >= 0.6 is 22.6 Å². The first-order chi connectivity index (χ1) is 7.24. The van der Waals surface area contributed by atoms with Crippen LogP contribution in [0.1, 0.15) is 0 Å². The van der Waals surface area contributed by atoms with E-state index < -0.39 is 0 Å². The van der Waals surface area contributed by atoms with Crippen LogP contribution in [0.3, 0.4) is 0 Å². The van der Waals surface area contributed by atoms with Gasteiger partial charge in [-0.25, -0.2) is 0 Å². The summed E-state index contributed by atoms with van der Waals surface area (Å²) in [6, 6.07) is 14.4. The number of aromatic hydroxyl groups is 1. The molecule has 0 heterocycles. The number of benzene rings is 2. The minimum absolute atomic E-state index is 0.241. The number of hydrogen-bond donors (Lipinski definition) is 1. The molecule has 0 unspecified atom stereocenters. The molecule has 2 aromatic rings. The first-order valence-corrected chi connectivity index (χ1v) is 5.54. The first kappa shape index (κ1) is 10.3. The van der Waals surface area contributed by atoms with Crippen molar-refractivity contribution >= 4 is 22.6 Å². The zero-order valence-corrected chi connectivity index (χ0v) is 10.0. The molecule has 1 N–H and O–H groups in total. The molecule has 76 valence electrons. The molecule has 0 aliphatic heterocycles. The molecular weight excluding hydrogens is 303 g/mol. The van der Waals surface area contributed by atoms with E-state index in [2.05, 4.69) is 22.6 Å². The van der Waals surface area contributed by atoms with Crippen LogP contribution in [0.5, 0.6) is 17.2 Å². The molecule has 0 saturated carbocycles. The van der Waals surface area contributed by atoms with E-state index in [1.165, 1.54) is 3.57 Å². The zero-order valence-electron chi connectivity index (χ0n) is 7.85. The maximum Gasteiger partial charge on any atom is 0.127 e. The van der Waals surface area contributed by atoms with Crippen molar-refractivity contribution in [2.75, 3.05) is 0 Å². The molecule has 0 saturated heterocycles. The lowest BCUT2D eigenvalue weighted by atomic mass is 10.3. The molecule has 15 heavy (non-hydrogen) atoms. The molecule has 0 atom stereocenters. The van der Waals surface area contributed by atoms with E-state index in [0.29, 0.717) is 5.75 Å². The minimum atomic E-state index is 0.241. The van der Waals surface area contributed by atoms with Gasteiger partial charge in [-0.1, -0.05) is 0 Å². The lowest BCUT2D eigenvalue weighted by Gasteiger charge is -2.05. The highest BCUT2D eigenvalue weighted by Gasteiger charge is 1.96. The van der Waals surface area contributed by atoms with Crippen LogP contribution in [0.2, 0.25) is 0 Å². The molecule has 0 radical (unpaired) electrons. The average Bonchev–Trinajstić information content (AvgIpc) is 2.25. The fourth-order valence-electron chi connectivity index (χ4n) is 1.15. The van der Waals surface area contributed by atoms with Gasteiger partial charge in [-0.2, -0.15) is 0 Å². The molecule has 0 aliphatic rings. The van der Waals surface area contributed by atoms with Crippen LogP contribution in [-0.2, 0) is 0 Å². The van der Waals surface area contributed by atoms with Crippen molar-refractivity contribution in [2.45, 2.75) is 0 Å². The summed E-state index contributed by atoms with van der Waals surface area (Å²) in [7, 11) is 0. The van der Waals surface area contributed by atoms with Crippen LogP contribution in [0.25, 0.3) is 0 Å². The number of phenolic OH excluding ortho intramolecular Hbond substituents is 1. The van der Waals surface area contributed by atoms with Crippen molar-refractivity contribution in [1.29, 1.82) is 0 Å². The van der Waals surface area contributed by atoms with Crippen molar-refractivity contribution in [2.24, 2.45) is 0 Å². The normalized spacial score (nSPS) is 9.93. The molecule has 0 amide bonds. The Labute approximate surface area is 102 Å². The summed E-state index contributed by atoms with van der Waals surface area (Å²) in [5.41, 5.74) is 0. The first-order valence-electron chi connectivity index (χ1n) is 4.46. The van der Waals surface area contributed by atoms with Crippen LogP contribution in [0.4, 0.5) is 0 Å². The summed E-state index contributed by atoms with van der Waals surface area (Å²) >= 11 is 2.24. The van der Waals surface area contributed by atoms with Gasteiger partial charge >= 0.3 is 0 Å². The number of phenols is 1. The van der Waals surface area contributed by atoms with Crippen LogP contribution in [0.15, 0.2) is 48.5 Å². The number of halogens is 1. The maximum atomic E-state index is 9.10. The van der Waals surface area contributed by atoms with Crippen molar-refractivity contribution < 1.29 is 9.84 Å². The van der Waals surface area contributed by atoms with Crippen LogP contribution < -0.4 is 4.74 Å². The van der Waals surface area contributed by atoms with Gasteiger partial charge in [0.05, 0.1) is 0 Å². The number of hydrogen-bond acceptors (Lipinski definition) is 2. The fraction of sp³-hybridized carbons (Fsp3) is 0. The van der Waals surface area contributed by atoms with Crippen molar-refractivity contribution in [1.82, 2.24) is 0 Å². The van der Waals surface area contributed by atoms with Crippen LogP contribution in [0, 0.1) is 3.57 Å². The van der Waals surface area contributed by atoms with Gasteiger partial charge in [0.15, 0.2) is 0 Å². The Morgan fingerprint density at radius 2 is 1.27 bits per heavy atom. The molecule has 2 aromatic carbocycles. The average molecular weight is 312 g/mol. The van der Waals surface area contributed by atoms with E-state index >= 15 is 0 Å². The van der Waals surface area contributed by atoms with Gasteiger partial charge in [-0.3, -0.25) is 0 Å². The third-order valence-corrected chi connectivity index (χ3v) is 2.61. The van der Waals surface area contributed by atoms with Crippen LogP contribution in [-0.4, -0.2) is 5.11 Å². The van der Waals surface area contributed by atoms with Gasteiger partial charge in [0.1, 0.15) is 17.2 Å². The molecule has 0 aliphatic carbocycles. The van der Waals surface area contributed by atoms with E-state index in [1.54, 1.807) is 24.3 Å². The number of rotatable bonds is 2. The monoisotopic (exact) mass is 312 g/mol. The summed E-state index contributed by atoms with van der Waals surface area (Å²) in [6.45, 7) is 0. The lowest BCUT2D eigenvalue weighted by molar-refractivity contribution is 0.464. The molecule has 0 spiro atoms. The quantitative estimate of drug-likeness (QED) is 0.855. The molecule has 2 rings (SSSR count). The Balaban J connectivity index is 2.15. The highest BCUT2D eigenvalue weighted by Crippen LogP contribution is 2.23. The predicted molar refractivity (Wildman–Crippen MR) is 67.3 cm³/mol. The van der Waals surface area contributed by atoms with E-state index in [0.717, 1.165) is 5.75 Å². The van der Waals surface area contributed by atoms with Crippen molar-refractivity contribution in [3.05, 3.63) is 52.1 Å². The molecule has 0 bridgehead atoms.